The second-order valence-electron chi connectivity index (χ2n) is 6.41. The molecule has 2 N–H and O–H groups in total. The maximum atomic E-state index is 12.0. The van der Waals surface area contributed by atoms with Crippen LogP contribution in [0.25, 0.3) is 0 Å². The number of rotatable bonds is 1. The van der Waals surface area contributed by atoms with E-state index < -0.39 is 5.60 Å². The second kappa shape index (κ2) is 8.06. The molecule has 0 atom stereocenters. The first kappa shape index (κ1) is 18.3. The number of nitrogens with two attached hydrogens (primary N) is 1. The van der Waals surface area contributed by atoms with E-state index in [1.807, 2.05) is 46.8 Å². The van der Waals surface area contributed by atoms with Gasteiger partial charge in [0.1, 0.15) is 5.60 Å². The molecule has 0 aromatic heterocycles. The number of carbonyl (C=O) groups is 1. The van der Waals surface area contributed by atoms with Gasteiger partial charge in [-0.05, 0) is 57.2 Å². The molecule has 2 rings (SSSR count). The quantitative estimate of drug-likeness (QED) is 0.782. The van der Waals surface area contributed by atoms with E-state index in [1.54, 1.807) is 4.90 Å². The molecule has 1 aromatic rings. The summed E-state index contributed by atoms with van der Waals surface area (Å²) in [5.41, 5.74) is 7.38. The van der Waals surface area contributed by atoms with Gasteiger partial charge in [0.05, 0.1) is 0 Å². The van der Waals surface area contributed by atoms with E-state index in [0.29, 0.717) is 5.92 Å². The summed E-state index contributed by atoms with van der Waals surface area (Å²) in [5.74, 6) is 0.509. The van der Waals surface area contributed by atoms with Gasteiger partial charge in [-0.2, -0.15) is 0 Å². The Morgan fingerprint density at radius 1 is 1.14 bits per heavy atom. The van der Waals surface area contributed by atoms with Gasteiger partial charge >= 0.3 is 6.09 Å². The molecule has 0 bridgehead atoms. The van der Waals surface area contributed by atoms with Crippen LogP contribution in [0.15, 0.2) is 24.3 Å². The van der Waals surface area contributed by atoms with Gasteiger partial charge in [-0.15, -0.1) is 0 Å². The molecule has 0 saturated carbocycles. The molecule has 1 heterocycles. The number of benzene rings is 1. The van der Waals surface area contributed by atoms with Crippen molar-refractivity contribution >= 4 is 11.8 Å². The minimum absolute atomic E-state index is 0.201. The lowest BCUT2D eigenvalue weighted by Gasteiger charge is -2.33. The molecule has 1 saturated heterocycles. The van der Waals surface area contributed by atoms with Gasteiger partial charge in [-0.3, -0.25) is 0 Å². The number of hydrogen-bond acceptors (Lipinski definition) is 3. The molecule has 0 radical (unpaired) electrons. The minimum atomic E-state index is -0.426. The Balaban J connectivity index is 0.00000116. The SMILES string of the molecule is CC.CC(C)(C)OC(=O)N1CCC(c2ccc(N)cc2)CC1. The van der Waals surface area contributed by atoms with Crippen molar-refractivity contribution in [2.75, 3.05) is 18.8 Å². The highest BCUT2D eigenvalue weighted by atomic mass is 16.6. The molecule has 124 valence electrons. The Hall–Kier alpha value is -1.71. The van der Waals surface area contributed by atoms with E-state index in [-0.39, 0.29) is 6.09 Å². The molecule has 1 aromatic carbocycles. The van der Waals surface area contributed by atoms with Crippen LogP contribution in [0, 0.1) is 0 Å². The number of likely N-dealkylation sites (tertiary alicyclic amines) is 1. The van der Waals surface area contributed by atoms with Crippen molar-refractivity contribution in [3.05, 3.63) is 29.8 Å². The summed E-state index contributed by atoms with van der Waals surface area (Å²) < 4.78 is 5.40. The normalized spacial score (nSPS) is 15.8. The zero-order valence-corrected chi connectivity index (χ0v) is 14.6. The Morgan fingerprint density at radius 3 is 2.09 bits per heavy atom. The van der Waals surface area contributed by atoms with Crippen LogP contribution in [0.1, 0.15) is 58.9 Å². The first-order valence-electron chi connectivity index (χ1n) is 8.18. The topological polar surface area (TPSA) is 55.6 Å². The fraction of sp³-hybridized carbons (Fsp3) is 0.611. The average molecular weight is 306 g/mol. The zero-order chi connectivity index (χ0) is 16.8. The van der Waals surface area contributed by atoms with Crippen molar-refractivity contribution in [3.8, 4) is 0 Å². The van der Waals surface area contributed by atoms with E-state index in [9.17, 15) is 4.79 Å². The highest BCUT2D eigenvalue weighted by Gasteiger charge is 2.27. The van der Waals surface area contributed by atoms with Crippen LogP contribution in [0.3, 0.4) is 0 Å². The number of carbonyl (C=O) groups excluding carboxylic acids is 1. The predicted octanol–water partition coefficient (Wildman–Crippen LogP) is 4.41. The fourth-order valence-electron chi connectivity index (χ4n) is 2.49. The van der Waals surface area contributed by atoms with Gasteiger partial charge in [0, 0.05) is 18.8 Å². The lowest BCUT2D eigenvalue weighted by molar-refractivity contribution is 0.0205. The number of hydrogen-bond donors (Lipinski definition) is 1. The first-order chi connectivity index (χ1) is 10.3. The Labute approximate surface area is 134 Å². The van der Waals surface area contributed by atoms with Gasteiger partial charge in [0.25, 0.3) is 0 Å². The van der Waals surface area contributed by atoms with Crippen LogP contribution in [0.4, 0.5) is 10.5 Å². The third-order valence-electron chi connectivity index (χ3n) is 3.55. The van der Waals surface area contributed by atoms with Crippen molar-refractivity contribution in [2.24, 2.45) is 0 Å². The van der Waals surface area contributed by atoms with Crippen LogP contribution in [0.2, 0.25) is 0 Å². The maximum Gasteiger partial charge on any atom is 0.410 e. The number of ether oxygens (including phenoxy) is 1. The highest BCUT2D eigenvalue weighted by Crippen LogP contribution is 2.29. The van der Waals surface area contributed by atoms with Crippen molar-refractivity contribution in [3.63, 3.8) is 0 Å². The third-order valence-corrected chi connectivity index (χ3v) is 3.55. The molecule has 4 nitrogen and oxygen atoms in total. The molecule has 1 fully saturated rings. The Bertz CT molecular complexity index is 455. The van der Waals surface area contributed by atoms with Crippen molar-refractivity contribution in [1.82, 2.24) is 4.90 Å². The average Bonchev–Trinajstić information content (AvgIpc) is 2.48. The molecular weight excluding hydrogens is 276 g/mol. The standard InChI is InChI=1S/C16H24N2O2.C2H6/c1-16(2,3)20-15(19)18-10-8-13(9-11-18)12-4-6-14(17)7-5-12;1-2/h4-7,13H,8-11,17H2,1-3H3;1-2H3. The molecule has 22 heavy (non-hydrogen) atoms. The molecule has 1 aliphatic heterocycles. The van der Waals surface area contributed by atoms with E-state index in [1.165, 1.54) is 5.56 Å². The van der Waals surface area contributed by atoms with Crippen molar-refractivity contribution in [1.29, 1.82) is 0 Å². The number of anilines is 1. The van der Waals surface area contributed by atoms with E-state index in [0.717, 1.165) is 31.6 Å². The Kier molecular flexibility index (Phi) is 6.72. The number of nitrogens with zero attached hydrogens (tertiary/aromatic N) is 1. The minimum Gasteiger partial charge on any atom is -0.444 e. The van der Waals surface area contributed by atoms with Crippen LogP contribution >= 0.6 is 0 Å². The summed E-state index contributed by atoms with van der Waals surface area (Å²) in [5, 5.41) is 0. The van der Waals surface area contributed by atoms with Gasteiger partial charge in [0.2, 0.25) is 0 Å². The summed E-state index contributed by atoms with van der Waals surface area (Å²) in [7, 11) is 0. The predicted molar refractivity (Wildman–Crippen MR) is 92.0 cm³/mol. The highest BCUT2D eigenvalue weighted by molar-refractivity contribution is 5.68. The second-order valence-corrected chi connectivity index (χ2v) is 6.41. The molecular formula is C18H30N2O2. The summed E-state index contributed by atoms with van der Waals surface area (Å²) >= 11 is 0. The zero-order valence-electron chi connectivity index (χ0n) is 14.6. The monoisotopic (exact) mass is 306 g/mol. The van der Waals surface area contributed by atoms with Crippen molar-refractivity contribution in [2.45, 2.75) is 59.0 Å². The van der Waals surface area contributed by atoms with Gasteiger partial charge in [0.15, 0.2) is 0 Å². The van der Waals surface area contributed by atoms with Crippen LogP contribution in [-0.2, 0) is 4.74 Å². The molecule has 0 aliphatic carbocycles. The van der Waals surface area contributed by atoms with E-state index >= 15 is 0 Å². The molecule has 0 spiro atoms. The van der Waals surface area contributed by atoms with Crippen LogP contribution in [-0.4, -0.2) is 29.7 Å². The van der Waals surface area contributed by atoms with Crippen LogP contribution in [0.5, 0.6) is 0 Å². The van der Waals surface area contributed by atoms with Gasteiger partial charge in [-0.25, -0.2) is 4.79 Å². The lowest BCUT2D eigenvalue weighted by Crippen LogP contribution is -2.41. The summed E-state index contributed by atoms with van der Waals surface area (Å²) in [6, 6.07) is 8.05. The summed E-state index contributed by atoms with van der Waals surface area (Å²) in [4.78, 5) is 13.8. The van der Waals surface area contributed by atoms with Crippen LogP contribution < -0.4 is 5.73 Å². The number of amides is 1. The molecule has 1 amide bonds. The van der Waals surface area contributed by atoms with E-state index in [4.69, 9.17) is 10.5 Å². The number of nitrogen functional groups attached to an aromatic ring is 1. The molecule has 0 unspecified atom stereocenters. The largest absolute Gasteiger partial charge is 0.444 e. The van der Waals surface area contributed by atoms with E-state index in [2.05, 4.69) is 12.1 Å². The third kappa shape index (κ3) is 5.58. The Morgan fingerprint density at radius 2 is 1.64 bits per heavy atom. The lowest BCUT2D eigenvalue weighted by atomic mass is 9.89. The number of piperidine rings is 1. The van der Waals surface area contributed by atoms with Gasteiger partial charge in [-0.1, -0.05) is 26.0 Å². The smallest absolute Gasteiger partial charge is 0.410 e. The summed E-state index contributed by atoms with van der Waals surface area (Å²) in [6.45, 7) is 11.2. The fourth-order valence-corrected chi connectivity index (χ4v) is 2.49. The van der Waals surface area contributed by atoms with Crippen molar-refractivity contribution < 1.29 is 9.53 Å². The van der Waals surface area contributed by atoms with Gasteiger partial charge < -0.3 is 15.4 Å². The maximum absolute atomic E-state index is 12.0. The molecule has 4 heteroatoms. The summed E-state index contributed by atoms with van der Waals surface area (Å²) in [6.07, 6.45) is 1.75. The molecule has 1 aliphatic rings. The first-order valence-corrected chi connectivity index (χ1v) is 8.18.